The van der Waals surface area contributed by atoms with E-state index in [9.17, 15) is 0 Å². The van der Waals surface area contributed by atoms with Crippen LogP contribution in [0.25, 0.3) is 33.0 Å². The molecule has 20 heavy (non-hydrogen) atoms. The van der Waals surface area contributed by atoms with Crippen LogP contribution in [0.3, 0.4) is 0 Å². The lowest BCUT2D eigenvalue weighted by Crippen LogP contribution is -1.83. The van der Waals surface area contributed by atoms with Crippen LogP contribution in [0.4, 0.5) is 0 Å². The largest absolute Gasteiger partial charge is 0.367 e. The van der Waals surface area contributed by atoms with Crippen LogP contribution in [-0.2, 0) is 0 Å². The summed E-state index contributed by atoms with van der Waals surface area (Å²) in [4.78, 5) is 6.26. The topological polar surface area (TPSA) is 31.6 Å². The summed E-state index contributed by atoms with van der Waals surface area (Å²) in [5.74, 6) is 0. The number of aromatic amines is 2. The monoisotopic (exact) mass is 258 g/mol. The molecule has 2 N–H and O–H groups in total. The van der Waals surface area contributed by atoms with Crippen LogP contribution in [0.2, 0.25) is 0 Å². The fourth-order valence-corrected chi connectivity index (χ4v) is 2.79. The normalized spacial score (nSPS) is 11.0. The second-order valence-electron chi connectivity index (χ2n) is 4.91. The molecule has 0 unspecified atom stereocenters. The first kappa shape index (κ1) is 11.1. The van der Waals surface area contributed by atoms with E-state index < -0.39 is 0 Å². The number of hydrogen-bond acceptors (Lipinski definition) is 0. The highest BCUT2D eigenvalue weighted by atomic mass is 14.6. The summed E-state index contributed by atoms with van der Waals surface area (Å²) in [6.07, 6.45) is 8.00. The molecular weight excluding hydrogens is 244 g/mol. The summed E-state index contributed by atoms with van der Waals surface area (Å²) < 4.78 is 0. The number of hydrogen-bond donors (Lipinski definition) is 2. The van der Waals surface area contributed by atoms with Crippen molar-refractivity contribution in [3.63, 3.8) is 0 Å². The molecule has 0 amide bonds. The van der Waals surface area contributed by atoms with Crippen molar-refractivity contribution in [3.8, 4) is 22.3 Å². The number of nitrogens with one attached hydrogen (secondary N) is 2. The van der Waals surface area contributed by atoms with E-state index in [1.54, 1.807) is 0 Å². The zero-order valence-corrected chi connectivity index (χ0v) is 10.9. The average molecular weight is 258 g/mol. The maximum absolute atomic E-state index is 3.13. The van der Waals surface area contributed by atoms with Gasteiger partial charge in [0, 0.05) is 24.8 Å². The van der Waals surface area contributed by atoms with Gasteiger partial charge in [0.15, 0.2) is 0 Å². The third-order valence-corrected chi connectivity index (χ3v) is 3.74. The van der Waals surface area contributed by atoms with Crippen LogP contribution < -0.4 is 0 Å². The molecule has 0 spiro atoms. The van der Waals surface area contributed by atoms with E-state index in [4.69, 9.17) is 0 Å². The van der Waals surface area contributed by atoms with Gasteiger partial charge in [-0.1, -0.05) is 36.4 Å². The van der Waals surface area contributed by atoms with Crippen molar-refractivity contribution in [1.82, 2.24) is 9.97 Å². The molecule has 0 radical (unpaired) electrons. The molecule has 2 aromatic carbocycles. The molecular formula is C18H14N2. The van der Waals surface area contributed by atoms with Gasteiger partial charge in [-0.15, -0.1) is 0 Å². The van der Waals surface area contributed by atoms with Gasteiger partial charge >= 0.3 is 0 Å². The van der Waals surface area contributed by atoms with Crippen molar-refractivity contribution in [2.45, 2.75) is 0 Å². The Morgan fingerprint density at radius 2 is 1.05 bits per heavy atom. The van der Waals surface area contributed by atoms with Gasteiger partial charge in [-0.05, 0) is 45.2 Å². The zero-order valence-electron chi connectivity index (χ0n) is 10.9. The molecule has 0 saturated carbocycles. The molecule has 0 aliphatic carbocycles. The smallest absolute Gasteiger partial charge is 0.00843 e. The molecule has 4 rings (SSSR count). The zero-order chi connectivity index (χ0) is 13.4. The molecule has 2 heteroatoms. The first-order chi connectivity index (χ1) is 9.93. The van der Waals surface area contributed by atoms with Gasteiger partial charge < -0.3 is 9.97 Å². The molecule has 0 aliphatic rings. The maximum atomic E-state index is 3.13. The molecule has 0 saturated heterocycles. The summed E-state index contributed by atoms with van der Waals surface area (Å²) in [6, 6.07) is 17.2. The highest BCUT2D eigenvalue weighted by Gasteiger charge is 2.09. The minimum atomic E-state index is 1.22. The van der Waals surface area contributed by atoms with E-state index in [2.05, 4.69) is 58.5 Å². The minimum Gasteiger partial charge on any atom is -0.367 e. The molecule has 2 nitrogen and oxygen atoms in total. The standard InChI is InChI=1S/C18H14N2/c1-2-4-18-16(14-8-10-20-12-14)6-5-15(17(18)3-1)13-7-9-19-11-13/h1-12,19-20H. The van der Waals surface area contributed by atoms with Crippen LogP contribution >= 0.6 is 0 Å². The predicted octanol–water partition coefficient (Wildman–Crippen LogP) is 4.83. The van der Waals surface area contributed by atoms with E-state index in [-0.39, 0.29) is 0 Å². The molecule has 0 atom stereocenters. The second kappa shape index (κ2) is 4.42. The SMILES string of the molecule is c1ccc2c(-c3cc[nH]c3)ccc(-c3cc[nH]c3)c2c1. The molecule has 4 aromatic rings. The van der Waals surface area contributed by atoms with Crippen LogP contribution in [-0.4, -0.2) is 9.97 Å². The van der Waals surface area contributed by atoms with Gasteiger partial charge in [0.25, 0.3) is 0 Å². The average Bonchev–Trinajstić information content (AvgIpc) is 3.19. The van der Waals surface area contributed by atoms with Crippen LogP contribution in [0.1, 0.15) is 0 Å². The Balaban J connectivity index is 2.05. The van der Waals surface area contributed by atoms with E-state index in [1.807, 2.05) is 24.8 Å². The summed E-state index contributed by atoms with van der Waals surface area (Å²) in [5.41, 5.74) is 4.98. The van der Waals surface area contributed by atoms with E-state index in [1.165, 1.54) is 33.0 Å². The first-order valence-corrected chi connectivity index (χ1v) is 6.71. The van der Waals surface area contributed by atoms with Crippen molar-refractivity contribution in [2.75, 3.05) is 0 Å². The fraction of sp³-hybridized carbons (Fsp3) is 0. The Bertz CT molecular complexity index is 768. The lowest BCUT2D eigenvalue weighted by molar-refractivity contribution is 1.41. The first-order valence-electron chi connectivity index (χ1n) is 6.71. The van der Waals surface area contributed by atoms with E-state index in [0.717, 1.165) is 0 Å². The van der Waals surface area contributed by atoms with E-state index >= 15 is 0 Å². The maximum Gasteiger partial charge on any atom is 0.00843 e. The van der Waals surface area contributed by atoms with Crippen LogP contribution in [0.15, 0.2) is 73.3 Å². The number of H-pyrrole nitrogens is 2. The van der Waals surface area contributed by atoms with Gasteiger partial charge in [0.1, 0.15) is 0 Å². The number of rotatable bonds is 2. The number of fused-ring (bicyclic) bond motifs is 1. The number of benzene rings is 2. The van der Waals surface area contributed by atoms with Gasteiger partial charge in [-0.25, -0.2) is 0 Å². The Kier molecular flexibility index (Phi) is 2.46. The summed E-state index contributed by atoms with van der Waals surface area (Å²) in [5, 5.41) is 2.57. The fourth-order valence-electron chi connectivity index (χ4n) is 2.79. The van der Waals surface area contributed by atoms with Crippen molar-refractivity contribution in [3.05, 3.63) is 73.3 Å². The summed E-state index contributed by atoms with van der Waals surface area (Å²) in [6.45, 7) is 0. The summed E-state index contributed by atoms with van der Waals surface area (Å²) >= 11 is 0. The van der Waals surface area contributed by atoms with Crippen molar-refractivity contribution < 1.29 is 0 Å². The quantitative estimate of drug-likeness (QED) is 0.516. The lowest BCUT2D eigenvalue weighted by Gasteiger charge is -2.09. The van der Waals surface area contributed by atoms with Gasteiger partial charge in [-0.2, -0.15) is 0 Å². The molecule has 0 fully saturated rings. The lowest BCUT2D eigenvalue weighted by atomic mass is 9.94. The van der Waals surface area contributed by atoms with Crippen molar-refractivity contribution >= 4 is 10.8 Å². The second-order valence-corrected chi connectivity index (χ2v) is 4.91. The predicted molar refractivity (Wildman–Crippen MR) is 83.5 cm³/mol. The molecule has 0 aliphatic heterocycles. The minimum absolute atomic E-state index is 1.22. The van der Waals surface area contributed by atoms with Gasteiger partial charge in [0.2, 0.25) is 0 Å². The molecule has 2 heterocycles. The number of aromatic nitrogens is 2. The van der Waals surface area contributed by atoms with Crippen molar-refractivity contribution in [1.29, 1.82) is 0 Å². The Hall–Kier alpha value is -2.74. The highest BCUT2D eigenvalue weighted by molar-refractivity contribution is 6.04. The highest BCUT2D eigenvalue weighted by Crippen LogP contribution is 2.35. The third-order valence-electron chi connectivity index (χ3n) is 3.74. The summed E-state index contributed by atoms with van der Waals surface area (Å²) in [7, 11) is 0. The molecule has 96 valence electrons. The third kappa shape index (κ3) is 1.66. The van der Waals surface area contributed by atoms with E-state index in [0.29, 0.717) is 0 Å². The van der Waals surface area contributed by atoms with Crippen LogP contribution in [0, 0.1) is 0 Å². The van der Waals surface area contributed by atoms with Gasteiger partial charge in [0.05, 0.1) is 0 Å². The molecule has 0 bridgehead atoms. The van der Waals surface area contributed by atoms with Crippen LogP contribution in [0.5, 0.6) is 0 Å². The molecule has 2 aromatic heterocycles. The van der Waals surface area contributed by atoms with Gasteiger partial charge in [-0.3, -0.25) is 0 Å². The Labute approximate surface area is 117 Å². The van der Waals surface area contributed by atoms with Crippen molar-refractivity contribution in [2.24, 2.45) is 0 Å². The Morgan fingerprint density at radius 3 is 1.45 bits per heavy atom. The Morgan fingerprint density at radius 1 is 0.550 bits per heavy atom.